The van der Waals surface area contributed by atoms with Gasteiger partial charge in [-0.25, -0.2) is 0 Å². The average Bonchev–Trinajstić information content (AvgIpc) is 2.36. The summed E-state index contributed by atoms with van der Waals surface area (Å²) < 4.78 is 10.7. The molecule has 0 fully saturated rings. The number of ether oxygens (including phenoxy) is 2. The summed E-state index contributed by atoms with van der Waals surface area (Å²) in [7, 11) is 1.68. The Bertz CT molecular complexity index is 311. The summed E-state index contributed by atoms with van der Waals surface area (Å²) in [6.45, 7) is 6.07. The average molecular weight is 237 g/mol. The van der Waals surface area contributed by atoms with Crippen LogP contribution in [0.15, 0.2) is 24.3 Å². The third-order valence-corrected chi connectivity index (χ3v) is 2.84. The molecular weight excluding hydrogens is 214 g/mol. The molecule has 0 spiro atoms. The molecule has 0 amide bonds. The number of hydrogen-bond acceptors (Lipinski definition) is 3. The Morgan fingerprint density at radius 3 is 2.35 bits per heavy atom. The van der Waals surface area contributed by atoms with Gasteiger partial charge in [-0.3, -0.25) is 0 Å². The summed E-state index contributed by atoms with van der Waals surface area (Å²) in [5, 5.41) is 0. The zero-order valence-electron chi connectivity index (χ0n) is 11.0. The van der Waals surface area contributed by atoms with Crippen molar-refractivity contribution in [1.82, 2.24) is 0 Å². The van der Waals surface area contributed by atoms with Crippen molar-refractivity contribution in [3.63, 3.8) is 0 Å². The SMILES string of the molecule is COCC(C)OCc1ccc(C(C)CN)cc1. The highest BCUT2D eigenvalue weighted by Crippen LogP contribution is 2.15. The first-order valence-electron chi connectivity index (χ1n) is 6.06. The first kappa shape index (κ1) is 14.2. The Morgan fingerprint density at radius 1 is 1.18 bits per heavy atom. The van der Waals surface area contributed by atoms with Crippen molar-refractivity contribution in [2.24, 2.45) is 5.73 Å². The fourth-order valence-corrected chi connectivity index (χ4v) is 1.60. The van der Waals surface area contributed by atoms with Crippen molar-refractivity contribution >= 4 is 0 Å². The lowest BCUT2D eigenvalue weighted by Gasteiger charge is -2.13. The molecule has 0 saturated heterocycles. The van der Waals surface area contributed by atoms with Crippen molar-refractivity contribution < 1.29 is 9.47 Å². The molecule has 0 radical (unpaired) electrons. The van der Waals surface area contributed by atoms with Gasteiger partial charge in [0, 0.05) is 7.11 Å². The second-order valence-corrected chi connectivity index (χ2v) is 4.46. The smallest absolute Gasteiger partial charge is 0.0784 e. The number of rotatable bonds is 7. The Hall–Kier alpha value is -0.900. The van der Waals surface area contributed by atoms with E-state index in [9.17, 15) is 0 Å². The van der Waals surface area contributed by atoms with Crippen LogP contribution >= 0.6 is 0 Å². The minimum Gasteiger partial charge on any atom is -0.382 e. The lowest BCUT2D eigenvalue weighted by atomic mass is 10.0. The maximum Gasteiger partial charge on any atom is 0.0784 e. The molecule has 0 heterocycles. The largest absolute Gasteiger partial charge is 0.382 e. The molecule has 0 aliphatic heterocycles. The van der Waals surface area contributed by atoms with Crippen molar-refractivity contribution in [1.29, 1.82) is 0 Å². The standard InChI is InChI=1S/C14H23NO2/c1-11(8-15)14-6-4-13(5-7-14)10-17-12(2)9-16-3/h4-7,11-12H,8-10,15H2,1-3H3. The molecule has 3 heteroatoms. The minimum atomic E-state index is 0.127. The lowest BCUT2D eigenvalue weighted by molar-refractivity contribution is -0.000130. The second-order valence-electron chi connectivity index (χ2n) is 4.46. The second kappa shape index (κ2) is 7.43. The minimum absolute atomic E-state index is 0.127. The molecule has 0 bridgehead atoms. The normalized spacial score (nSPS) is 14.6. The highest BCUT2D eigenvalue weighted by Gasteiger charge is 2.04. The maximum absolute atomic E-state index is 5.65. The Morgan fingerprint density at radius 2 is 1.82 bits per heavy atom. The monoisotopic (exact) mass is 237 g/mol. The maximum atomic E-state index is 5.65. The van der Waals surface area contributed by atoms with Crippen LogP contribution in [0.5, 0.6) is 0 Å². The van der Waals surface area contributed by atoms with Crippen LogP contribution < -0.4 is 5.73 Å². The van der Waals surface area contributed by atoms with Crippen molar-refractivity contribution in [3.8, 4) is 0 Å². The van der Waals surface area contributed by atoms with Crippen molar-refractivity contribution in [2.75, 3.05) is 20.3 Å². The topological polar surface area (TPSA) is 44.5 Å². The summed E-state index contributed by atoms with van der Waals surface area (Å²) in [4.78, 5) is 0. The first-order chi connectivity index (χ1) is 8.17. The van der Waals surface area contributed by atoms with Crippen LogP contribution in [-0.2, 0) is 16.1 Å². The van der Waals surface area contributed by atoms with Gasteiger partial charge < -0.3 is 15.2 Å². The van der Waals surface area contributed by atoms with Gasteiger partial charge in [-0.1, -0.05) is 31.2 Å². The summed E-state index contributed by atoms with van der Waals surface area (Å²) in [5.74, 6) is 0.414. The fourth-order valence-electron chi connectivity index (χ4n) is 1.60. The number of methoxy groups -OCH3 is 1. The molecule has 1 rings (SSSR count). The van der Waals surface area contributed by atoms with E-state index in [0.717, 1.165) is 0 Å². The molecule has 2 atom stereocenters. The molecule has 2 unspecified atom stereocenters. The lowest BCUT2D eigenvalue weighted by Crippen LogP contribution is -2.14. The predicted molar refractivity (Wildman–Crippen MR) is 70.0 cm³/mol. The van der Waals surface area contributed by atoms with Crippen LogP contribution in [0.2, 0.25) is 0 Å². The number of nitrogens with two attached hydrogens (primary N) is 1. The number of benzene rings is 1. The van der Waals surface area contributed by atoms with Gasteiger partial charge in [-0.05, 0) is 30.5 Å². The zero-order valence-corrected chi connectivity index (χ0v) is 11.0. The van der Waals surface area contributed by atoms with Gasteiger partial charge in [0.1, 0.15) is 0 Å². The Labute approximate surface area is 104 Å². The quantitative estimate of drug-likeness (QED) is 0.791. The molecule has 0 aromatic heterocycles. The third-order valence-electron chi connectivity index (χ3n) is 2.84. The van der Waals surface area contributed by atoms with E-state index in [2.05, 4.69) is 31.2 Å². The van der Waals surface area contributed by atoms with Gasteiger partial charge in [-0.2, -0.15) is 0 Å². The highest BCUT2D eigenvalue weighted by molar-refractivity contribution is 5.24. The molecule has 3 nitrogen and oxygen atoms in total. The molecule has 0 saturated carbocycles. The van der Waals surface area contributed by atoms with E-state index in [0.29, 0.717) is 25.7 Å². The van der Waals surface area contributed by atoms with E-state index in [1.807, 2.05) is 6.92 Å². The molecule has 96 valence electrons. The van der Waals surface area contributed by atoms with Gasteiger partial charge in [-0.15, -0.1) is 0 Å². The molecule has 0 aliphatic rings. The molecule has 1 aromatic rings. The predicted octanol–water partition coefficient (Wildman–Crippen LogP) is 2.30. The first-order valence-corrected chi connectivity index (χ1v) is 6.06. The van der Waals surface area contributed by atoms with Gasteiger partial charge in [0.15, 0.2) is 0 Å². The van der Waals surface area contributed by atoms with E-state index in [-0.39, 0.29) is 6.10 Å². The van der Waals surface area contributed by atoms with Gasteiger partial charge >= 0.3 is 0 Å². The zero-order chi connectivity index (χ0) is 12.7. The van der Waals surface area contributed by atoms with E-state index in [4.69, 9.17) is 15.2 Å². The highest BCUT2D eigenvalue weighted by atomic mass is 16.5. The van der Waals surface area contributed by atoms with E-state index in [1.54, 1.807) is 7.11 Å². The molecule has 2 N–H and O–H groups in total. The van der Waals surface area contributed by atoms with Crippen LogP contribution in [0, 0.1) is 0 Å². The molecule has 0 aliphatic carbocycles. The molecule has 17 heavy (non-hydrogen) atoms. The van der Waals surface area contributed by atoms with Gasteiger partial charge in [0.05, 0.1) is 19.3 Å². The summed E-state index contributed by atoms with van der Waals surface area (Å²) in [5.41, 5.74) is 8.10. The third kappa shape index (κ3) is 4.86. The van der Waals surface area contributed by atoms with Crippen LogP contribution in [0.25, 0.3) is 0 Å². The summed E-state index contributed by atoms with van der Waals surface area (Å²) in [6, 6.07) is 8.44. The number of hydrogen-bond donors (Lipinski definition) is 1. The molecule has 1 aromatic carbocycles. The van der Waals surface area contributed by atoms with Crippen LogP contribution in [-0.4, -0.2) is 26.4 Å². The van der Waals surface area contributed by atoms with E-state index < -0.39 is 0 Å². The van der Waals surface area contributed by atoms with E-state index >= 15 is 0 Å². The van der Waals surface area contributed by atoms with Gasteiger partial charge in [0.2, 0.25) is 0 Å². The Balaban J connectivity index is 2.45. The summed E-state index contributed by atoms with van der Waals surface area (Å²) >= 11 is 0. The van der Waals surface area contributed by atoms with Crippen molar-refractivity contribution in [3.05, 3.63) is 35.4 Å². The van der Waals surface area contributed by atoms with Crippen molar-refractivity contribution in [2.45, 2.75) is 32.5 Å². The Kier molecular flexibility index (Phi) is 6.19. The van der Waals surface area contributed by atoms with Gasteiger partial charge in [0.25, 0.3) is 0 Å². The molecular formula is C14H23NO2. The summed E-state index contributed by atoms with van der Waals surface area (Å²) in [6.07, 6.45) is 0.127. The van der Waals surface area contributed by atoms with Crippen LogP contribution in [0.1, 0.15) is 30.9 Å². The van der Waals surface area contributed by atoms with E-state index in [1.165, 1.54) is 11.1 Å². The fraction of sp³-hybridized carbons (Fsp3) is 0.571. The van der Waals surface area contributed by atoms with Crippen LogP contribution in [0.3, 0.4) is 0 Å². The van der Waals surface area contributed by atoms with Crippen LogP contribution in [0.4, 0.5) is 0 Å².